The average molecular weight is 945 g/mol. The topological polar surface area (TPSA) is 108 Å². The van der Waals surface area contributed by atoms with Crippen molar-refractivity contribution in [1.29, 1.82) is 0 Å². The Kier molecular flexibility index (Phi) is 45.6. The molecule has 0 aliphatic heterocycles. The van der Waals surface area contributed by atoms with Gasteiger partial charge < -0.3 is 28.5 Å². The van der Waals surface area contributed by atoms with Crippen molar-refractivity contribution in [2.24, 2.45) is 0 Å². The number of carboxylic acids is 1. The molecule has 9 heteroatoms. The SMILES string of the molecule is CC/C=C\C/C=C\C/C=C\C/C=C\C/C=C\C/C=C\C/C=C\C/C=C\C/C=C\C/C=C\CCCCC(=O)OC(COC(=O)CCCCCCC/C=C\CCC)COC(OCC[N+](C)(C)C)C(=O)O. The van der Waals surface area contributed by atoms with Crippen LogP contribution in [0.1, 0.15) is 162 Å². The van der Waals surface area contributed by atoms with E-state index in [0.29, 0.717) is 17.4 Å². The molecular weight excluding hydrogens is 851 g/mol. The molecule has 0 aromatic heterocycles. The third-order valence-electron chi connectivity index (χ3n) is 10.1. The normalized spacial score (nSPS) is 14.0. The second-order valence-corrected chi connectivity index (χ2v) is 17.7. The number of allylic oxidation sites excluding steroid dienone is 22. The summed E-state index contributed by atoms with van der Waals surface area (Å²) in [7, 11) is 5.92. The molecule has 0 saturated heterocycles. The van der Waals surface area contributed by atoms with Crippen molar-refractivity contribution in [1.82, 2.24) is 0 Å². The third-order valence-corrected chi connectivity index (χ3v) is 10.1. The van der Waals surface area contributed by atoms with Gasteiger partial charge in [-0.2, -0.15) is 0 Å². The van der Waals surface area contributed by atoms with Crippen molar-refractivity contribution in [2.75, 3.05) is 47.5 Å². The Morgan fingerprint density at radius 2 is 0.838 bits per heavy atom. The van der Waals surface area contributed by atoms with Crippen molar-refractivity contribution < 1.29 is 42.9 Å². The molecule has 0 aliphatic rings. The molecule has 382 valence electrons. The van der Waals surface area contributed by atoms with E-state index in [4.69, 9.17) is 18.9 Å². The molecule has 2 unspecified atom stereocenters. The zero-order valence-corrected chi connectivity index (χ0v) is 43.2. The quantitative estimate of drug-likeness (QED) is 0.0211. The minimum absolute atomic E-state index is 0.170. The fourth-order valence-corrected chi connectivity index (χ4v) is 6.16. The van der Waals surface area contributed by atoms with Crippen LogP contribution in [0.3, 0.4) is 0 Å². The number of quaternary nitrogens is 1. The van der Waals surface area contributed by atoms with Crippen LogP contribution < -0.4 is 0 Å². The van der Waals surface area contributed by atoms with Crippen LogP contribution in [0.2, 0.25) is 0 Å². The van der Waals surface area contributed by atoms with Gasteiger partial charge in [-0.15, -0.1) is 0 Å². The van der Waals surface area contributed by atoms with Crippen molar-refractivity contribution in [3.8, 4) is 0 Å². The maximum absolute atomic E-state index is 12.8. The van der Waals surface area contributed by atoms with Gasteiger partial charge in [0.1, 0.15) is 13.2 Å². The molecule has 68 heavy (non-hydrogen) atoms. The second kappa shape index (κ2) is 48.9. The van der Waals surface area contributed by atoms with E-state index >= 15 is 0 Å². The number of hydrogen-bond donors (Lipinski definition) is 1. The summed E-state index contributed by atoms with van der Waals surface area (Å²) in [4.78, 5) is 37.1. The number of hydrogen-bond acceptors (Lipinski definition) is 7. The standard InChI is InChI=1S/C59H93NO8/c1-6-8-10-12-14-16-18-19-20-21-22-23-24-25-26-27-28-29-30-31-32-33-34-35-36-37-38-39-40-42-44-46-48-50-57(62)68-55(54-67-59(58(63)64)65-52-51-60(3,4)5)53-66-56(61)49-47-45-43-41-17-15-13-11-9-7-2/h8,10-11,13-14,16,19-20,22-23,25-26,28-29,31-32,34-35,37-38,40,42,55,59H,6-7,9,12,15,17-18,21,24,27,30,33,36,39,41,43-54H2,1-5H3/p+1/b10-8-,13-11-,16-14-,20-19-,23-22-,26-25-,29-28-,32-31-,35-34-,38-37-,42-40-. The van der Waals surface area contributed by atoms with Crippen LogP contribution in [-0.4, -0.2) is 87.4 Å². The largest absolute Gasteiger partial charge is 0.477 e. The predicted octanol–water partition coefficient (Wildman–Crippen LogP) is 14.7. The van der Waals surface area contributed by atoms with Gasteiger partial charge in [-0.25, -0.2) is 4.79 Å². The number of unbranched alkanes of at least 4 members (excludes halogenated alkanes) is 8. The molecule has 9 nitrogen and oxygen atoms in total. The van der Waals surface area contributed by atoms with Crippen LogP contribution in [0.5, 0.6) is 0 Å². The van der Waals surface area contributed by atoms with Gasteiger partial charge >= 0.3 is 17.9 Å². The molecule has 2 atom stereocenters. The zero-order valence-electron chi connectivity index (χ0n) is 43.2. The molecule has 0 aliphatic carbocycles. The average Bonchev–Trinajstić information content (AvgIpc) is 3.30. The van der Waals surface area contributed by atoms with E-state index in [1.54, 1.807) is 0 Å². The lowest BCUT2D eigenvalue weighted by atomic mass is 10.1. The Morgan fingerprint density at radius 3 is 1.29 bits per heavy atom. The van der Waals surface area contributed by atoms with Gasteiger partial charge in [0, 0.05) is 12.8 Å². The lowest BCUT2D eigenvalue weighted by molar-refractivity contribution is -0.870. The molecule has 0 bridgehead atoms. The first-order valence-electron chi connectivity index (χ1n) is 25.8. The van der Waals surface area contributed by atoms with Crippen LogP contribution in [0.15, 0.2) is 134 Å². The zero-order chi connectivity index (χ0) is 49.9. The number of aliphatic carboxylic acids is 1. The van der Waals surface area contributed by atoms with Gasteiger partial charge in [-0.3, -0.25) is 9.59 Å². The molecule has 0 saturated carbocycles. The fourth-order valence-electron chi connectivity index (χ4n) is 6.16. The summed E-state index contributed by atoms with van der Waals surface area (Å²) >= 11 is 0. The van der Waals surface area contributed by atoms with Crippen molar-refractivity contribution in [3.63, 3.8) is 0 Å². The highest BCUT2D eigenvalue weighted by Crippen LogP contribution is 2.11. The van der Waals surface area contributed by atoms with E-state index in [9.17, 15) is 19.5 Å². The van der Waals surface area contributed by atoms with Gasteiger partial charge in [0.25, 0.3) is 6.29 Å². The van der Waals surface area contributed by atoms with Crippen LogP contribution in [-0.2, 0) is 33.3 Å². The number of esters is 2. The van der Waals surface area contributed by atoms with Crippen LogP contribution in [0, 0.1) is 0 Å². The summed E-state index contributed by atoms with van der Waals surface area (Å²) in [6.45, 7) is 4.59. The fraction of sp³-hybridized carbons (Fsp3) is 0.576. The molecule has 0 aromatic rings. The molecule has 0 radical (unpaired) electrons. The van der Waals surface area contributed by atoms with Crippen LogP contribution >= 0.6 is 0 Å². The smallest absolute Gasteiger partial charge is 0.361 e. The number of ether oxygens (including phenoxy) is 4. The van der Waals surface area contributed by atoms with Gasteiger partial charge in [0.15, 0.2) is 6.10 Å². The molecule has 0 heterocycles. The van der Waals surface area contributed by atoms with Gasteiger partial charge in [0.05, 0.1) is 34.4 Å². The van der Waals surface area contributed by atoms with Crippen LogP contribution in [0.25, 0.3) is 0 Å². The van der Waals surface area contributed by atoms with Gasteiger partial charge in [-0.05, 0) is 109 Å². The van der Waals surface area contributed by atoms with Crippen molar-refractivity contribution in [3.05, 3.63) is 134 Å². The van der Waals surface area contributed by atoms with Crippen molar-refractivity contribution in [2.45, 2.75) is 174 Å². The summed E-state index contributed by atoms with van der Waals surface area (Å²) in [5.41, 5.74) is 0. The highest BCUT2D eigenvalue weighted by Gasteiger charge is 2.25. The maximum Gasteiger partial charge on any atom is 0.361 e. The molecule has 0 spiro atoms. The first-order chi connectivity index (χ1) is 33.1. The minimum atomic E-state index is -1.53. The Hall–Kier alpha value is -4.57. The monoisotopic (exact) mass is 945 g/mol. The highest BCUT2D eigenvalue weighted by atomic mass is 16.7. The maximum atomic E-state index is 12.8. The number of carbonyl (C=O) groups is 3. The first-order valence-corrected chi connectivity index (χ1v) is 25.8. The summed E-state index contributed by atoms with van der Waals surface area (Å²) in [6.07, 6.45) is 66.8. The van der Waals surface area contributed by atoms with E-state index in [1.165, 1.54) is 6.42 Å². The number of rotatable bonds is 45. The predicted molar refractivity (Wildman–Crippen MR) is 285 cm³/mol. The Labute approximate surface area is 414 Å². The summed E-state index contributed by atoms with van der Waals surface area (Å²) in [5.74, 6) is -2.10. The van der Waals surface area contributed by atoms with E-state index < -0.39 is 24.3 Å². The summed E-state index contributed by atoms with van der Waals surface area (Å²) in [5, 5.41) is 9.64. The number of carboxylic acid groups (broad SMARTS) is 1. The molecule has 1 N–H and O–H groups in total. The lowest BCUT2D eigenvalue weighted by Crippen LogP contribution is -2.40. The minimum Gasteiger partial charge on any atom is -0.477 e. The molecule has 0 fully saturated rings. The molecule has 0 amide bonds. The number of likely N-dealkylation sites (N-methyl/N-ethyl adjacent to an activating group) is 1. The van der Waals surface area contributed by atoms with E-state index in [1.807, 2.05) is 21.1 Å². The number of nitrogens with zero attached hydrogens (tertiary/aromatic N) is 1. The van der Waals surface area contributed by atoms with Gasteiger partial charge in [0.2, 0.25) is 0 Å². The van der Waals surface area contributed by atoms with E-state index in [2.05, 4.69) is 148 Å². The Balaban J connectivity index is 4.36. The van der Waals surface area contributed by atoms with E-state index in [-0.39, 0.29) is 38.6 Å². The molecule has 0 rings (SSSR count). The Bertz CT molecular complexity index is 1570. The Morgan fingerprint density at radius 1 is 0.456 bits per heavy atom. The van der Waals surface area contributed by atoms with Crippen LogP contribution in [0.4, 0.5) is 0 Å². The number of carbonyl (C=O) groups excluding carboxylic acids is 2. The molecule has 0 aromatic carbocycles. The lowest BCUT2D eigenvalue weighted by Gasteiger charge is -2.25. The summed E-state index contributed by atoms with van der Waals surface area (Å²) in [6, 6.07) is 0. The van der Waals surface area contributed by atoms with Gasteiger partial charge in [-0.1, -0.05) is 173 Å². The van der Waals surface area contributed by atoms with E-state index in [0.717, 1.165) is 122 Å². The summed E-state index contributed by atoms with van der Waals surface area (Å²) < 4.78 is 22.7. The highest BCUT2D eigenvalue weighted by molar-refractivity contribution is 5.71. The van der Waals surface area contributed by atoms with Crippen molar-refractivity contribution >= 4 is 17.9 Å². The molecular formula is C59H94NO8+. The second-order valence-electron chi connectivity index (χ2n) is 17.7. The third kappa shape index (κ3) is 49.3. The first kappa shape index (κ1) is 63.4.